The molecule has 4 nitrogen and oxygen atoms in total. The molecule has 0 bridgehead atoms. The Kier molecular flexibility index (Phi) is 8.84. The standard InChI is InChI=1S/C16H14I2O4S2/c1-2-12-14(21-23-17)8-15(22-24-18)13(9-19)16(12)20-10-11-6-4-3-5-7-11/h3-9H,2,10H2,1H3. The van der Waals surface area contributed by atoms with Crippen LogP contribution in [0.15, 0.2) is 36.4 Å². The van der Waals surface area contributed by atoms with E-state index in [4.69, 9.17) is 13.1 Å². The maximum Gasteiger partial charge on any atom is 0.157 e. The van der Waals surface area contributed by atoms with Gasteiger partial charge >= 0.3 is 0 Å². The van der Waals surface area contributed by atoms with Gasteiger partial charge in [0.25, 0.3) is 0 Å². The number of benzene rings is 2. The molecule has 128 valence electrons. The Balaban J connectivity index is 2.45. The molecule has 0 heterocycles. The lowest BCUT2D eigenvalue weighted by molar-refractivity contribution is 0.111. The molecule has 2 aromatic rings. The SMILES string of the molecule is CCc1c(OSI)cc(OSI)c(C=O)c1OCc1ccccc1. The van der Waals surface area contributed by atoms with Crippen LogP contribution in [0.4, 0.5) is 0 Å². The first-order valence-electron chi connectivity index (χ1n) is 6.97. The summed E-state index contributed by atoms with van der Waals surface area (Å²) in [7, 11) is 2.35. The number of ether oxygens (including phenoxy) is 1. The number of rotatable bonds is 9. The van der Waals surface area contributed by atoms with Crippen LogP contribution in [0, 0.1) is 0 Å². The van der Waals surface area contributed by atoms with Crippen LogP contribution in [0.25, 0.3) is 0 Å². The zero-order valence-corrected chi connectivity index (χ0v) is 18.6. The molecule has 0 aliphatic rings. The second-order valence-corrected chi connectivity index (χ2v) is 7.38. The number of carbonyl (C=O) groups is 1. The van der Waals surface area contributed by atoms with Crippen LogP contribution in [0.1, 0.15) is 28.4 Å². The Hall–Kier alpha value is -0.330. The molecule has 0 N–H and O–H groups in total. The highest BCUT2D eigenvalue weighted by atomic mass is 127. The van der Waals surface area contributed by atoms with Crippen LogP contribution in [-0.4, -0.2) is 6.29 Å². The van der Waals surface area contributed by atoms with Gasteiger partial charge in [-0.15, -0.1) is 0 Å². The van der Waals surface area contributed by atoms with Crippen LogP contribution in [0.5, 0.6) is 17.2 Å². The van der Waals surface area contributed by atoms with Gasteiger partial charge in [0.2, 0.25) is 0 Å². The third kappa shape index (κ3) is 5.09. The third-order valence-corrected chi connectivity index (χ3v) is 4.85. The lowest BCUT2D eigenvalue weighted by Gasteiger charge is -2.18. The van der Waals surface area contributed by atoms with Gasteiger partial charge in [-0.1, -0.05) is 37.3 Å². The van der Waals surface area contributed by atoms with E-state index >= 15 is 0 Å². The molecule has 0 saturated carbocycles. The van der Waals surface area contributed by atoms with E-state index in [9.17, 15) is 4.79 Å². The summed E-state index contributed by atoms with van der Waals surface area (Å²) in [6, 6.07) is 11.5. The van der Waals surface area contributed by atoms with Gasteiger partial charge in [0, 0.05) is 54.0 Å². The van der Waals surface area contributed by atoms with E-state index in [-0.39, 0.29) is 0 Å². The molecular formula is C16H14I2O4S2. The zero-order chi connectivity index (χ0) is 17.4. The topological polar surface area (TPSA) is 44.8 Å². The Labute approximate surface area is 174 Å². The van der Waals surface area contributed by atoms with Gasteiger partial charge in [0.1, 0.15) is 42.1 Å². The highest BCUT2D eigenvalue weighted by Crippen LogP contribution is 2.42. The maximum absolute atomic E-state index is 11.7. The van der Waals surface area contributed by atoms with E-state index < -0.39 is 0 Å². The summed E-state index contributed by atoms with van der Waals surface area (Å²) in [6.45, 7) is 2.37. The molecule has 0 radical (unpaired) electrons. The summed E-state index contributed by atoms with van der Waals surface area (Å²) < 4.78 is 17.1. The summed E-state index contributed by atoms with van der Waals surface area (Å²) >= 11 is 4.06. The van der Waals surface area contributed by atoms with E-state index in [0.29, 0.717) is 35.8 Å². The van der Waals surface area contributed by atoms with Gasteiger partial charge < -0.3 is 13.1 Å². The van der Waals surface area contributed by atoms with Crippen molar-refractivity contribution in [3.05, 3.63) is 53.1 Å². The predicted molar refractivity (Wildman–Crippen MR) is 116 cm³/mol. The molecule has 0 fully saturated rings. The average Bonchev–Trinajstić information content (AvgIpc) is 2.61. The summed E-state index contributed by atoms with van der Waals surface area (Å²) in [5.41, 5.74) is 2.28. The Morgan fingerprint density at radius 1 is 1.08 bits per heavy atom. The van der Waals surface area contributed by atoms with Crippen LogP contribution in [0.3, 0.4) is 0 Å². The first-order valence-corrected chi connectivity index (χ1v) is 13.5. The minimum Gasteiger partial charge on any atom is -0.488 e. The fourth-order valence-electron chi connectivity index (χ4n) is 2.22. The Morgan fingerprint density at radius 3 is 2.33 bits per heavy atom. The van der Waals surface area contributed by atoms with Crippen LogP contribution >= 0.6 is 60.8 Å². The first-order chi connectivity index (χ1) is 11.7. The van der Waals surface area contributed by atoms with E-state index in [2.05, 4.69) is 21.2 Å². The highest BCUT2D eigenvalue weighted by Gasteiger charge is 2.21. The van der Waals surface area contributed by atoms with Gasteiger partial charge in [-0.2, -0.15) is 0 Å². The summed E-state index contributed by atoms with van der Waals surface area (Å²) in [4.78, 5) is 11.7. The molecule has 2 rings (SSSR count). The predicted octanol–water partition coefficient (Wildman–Crippen LogP) is 6.39. The smallest absolute Gasteiger partial charge is 0.157 e. The van der Waals surface area contributed by atoms with Gasteiger partial charge in [0.05, 0.1) is 0 Å². The molecule has 0 aliphatic heterocycles. The Morgan fingerprint density at radius 2 is 1.75 bits per heavy atom. The van der Waals surface area contributed by atoms with Gasteiger partial charge in [-0.05, 0) is 12.0 Å². The average molecular weight is 588 g/mol. The van der Waals surface area contributed by atoms with Crippen molar-refractivity contribution in [1.29, 1.82) is 0 Å². The quantitative estimate of drug-likeness (QED) is 0.192. The number of hydrogen-bond donors (Lipinski definition) is 0. The lowest BCUT2D eigenvalue weighted by Crippen LogP contribution is -2.04. The van der Waals surface area contributed by atoms with Crippen molar-refractivity contribution in [2.24, 2.45) is 0 Å². The first kappa shape index (κ1) is 20.0. The Bertz CT molecular complexity index is 684. The second-order valence-electron chi connectivity index (χ2n) is 4.63. The normalized spacial score (nSPS) is 10.3. The molecule has 0 saturated heterocycles. The van der Waals surface area contributed by atoms with Crippen molar-refractivity contribution >= 4 is 67.1 Å². The molecule has 0 amide bonds. The number of hydrogen-bond acceptors (Lipinski definition) is 6. The fraction of sp³-hybridized carbons (Fsp3) is 0.188. The van der Waals surface area contributed by atoms with E-state index in [1.54, 1.807) is 6.07 Å². The number of halogens is 2. The summed E-state index contributed by atoms with van der Waals surface area (Å²) in [6.07, 6.45) is 1.44. The van der Waals surface area contributed by atoms with Crippen LogP contribution in [-0.2, 0) is 13.0 Å². The van der Waals surface area contributed by atoms with Gasteiger partial charge in [-0.25, -0.2) is 0 Å². The summed E-state index contributed by atoms with van der Waals surface area (Å²) in [5, 5.41) is 0. The minimum atomic E-state index is 0.367. The van der Waals surface area contributed by atoms with Gasteiger partial charge in [0.15, 0.2) is 12.0 Å². The zero-order valence-electron chi connectivity index (χ0n) is 12.7. The van der Waals surface area contributed by atoms with Crippen molar-refractivity contribution in [1.82, 2.24) is 0 Å². The largest absolute Gasteiger partial charge is 0.488 e. The third-order valence-electron chi connectivity index (χ3n) is 3.28. The molecule has 0 aromatic heterocycles. The number of aldehydes is 1. The lowest BCUT2D eigenvalue weighted by atomic mass is 10.0. The molecule has 8 heteroatoms. The van der Waals surface area contributed by atoms with Crippen molar-refractivity contribution in [2.75, 3.05) is 0 Å². The maximum atomic E-state index is 11.7. The summed E-state index contributed by atoms with van der Waals surface area (Å²) in [5.74, 6) is 1.59. The van der Waals surface area contributed by atoms with Crippen molar-refractivity contribution < 1.29 is 17.9 Å². The molecule has 0 unspecified atom stereocenters. The van der Waals surface area contributed by atoms with Crippen LogP contribution < -0.4 is 13.1 Å². The molecule has 0 aliphatic carbocycles. The van der Waals surface area contributed by atoms with Crippen molar-refractivity contribution in [3.63, 3.8) is 0 Å². The van der Waals surface area contributed by atoms with E-state index in [1.807, 2.05) is 58.5 Å². The molecular weight excluding hydrogens is 574 g/mol. The van der Waals surface area contributed by atoms with Gasteiger partial charge in [-0.3, -0.25) is 4.79 Å². The van der Waals surface area contributed by atoms with E-state index in [1.165, 1.54) is 9.21 Å². The molecule has 0 spiro atoms. The fourth-order valence-corrected chi connectivity index (χ4v) is 3.81. The van der Waals surface area contributed by atoms with Crippen LogP contribution in [0.2, 0.25) is 0 Å². The molecule has 24 heavy (non-hydrogen) atoms. The van der Waals surface area contributed by atoms with Crippen molar-refractivity contribution in [3.8, 4) is 17.2 Å². The van der Waals surface area contributed by atoms with Crippen molar-refractivity contribution in [2.45, 2.75) is 20.0 Å². The monoisotopic (exact) mass is 588 g/mol. The molecule has 2 aromatic carbocycles. The number of carbonyl (C=O) groups excluding carboxylic acids is 1. The second kappa shape index (κ2) is 10.6. The minimum absolute atomic E-state index is 0.367. The highest BCUT2D eigenvalue weighted by molar-refractivity contribution is 14.2. The van der Waals surface area contributed by atoms with E-state index in [0.717, 1.165) is 26.6 Å². The molecule has 0 atom stereocenters.